The predicted octanol–water partition coefficient (Wildman–Crippen LogP) is 3.52. The van der Waals surface area contributed by atoms with Crippen LogP contribution in [-0.2, 0) is 20.0 Å². The van der Waals surface area contributed by atoms with E-state index in [2.05, 4.69) is 38.2 Å². The van der Waals surface area contributed by atoms with Crippen molar-refractivity contribution in [3.63, 3.8) is 0 Å². The van der Waals surface area contributed by atoms with Crippen molar-refractivity contribution in [2.24, 2.45) is 12.0 Å². The lowest BCUT2D eigenvalue weighted by Crippen LogP contribution is -2.38. The van der Waals surface area contributed by atoms with Crippen LogP contribution in [0.2, 0.25) is 5.02 Å². The second-order valence-electron chi connectivity index (χ2n) is 6.07. The first kappa shape index (κ1) is 18.3. The topological polar surface area (TPSA) is 54.2 Å². The highest BCUT2D eigenvalue weighted by Gasteiger charge is 2.07. The van der Waals surface area contributed by atoms with Gasteiger partial charge in [0.15, 0.2) is 5.96 Å². The molecule has 6 heteroatoms. The Bertz CT molecular complexity index is 883. The van der Waals surface area contributed by atoms with Crippen LogP contribution in [0.4, 0.5) is 0 Å². The zero-order valence-electron chi connectivity index (χ0n) is 15.2. The molecular weight excluding hydrogens is 346 g/mol. The summed E-state index contributed by atoms with van der Waals surface area (Å²) in [4.78, 5) is 9.34. The lowest BCUT2D eigenvalue weighted by Gasteiger charge is -2.11. The van der Waals surface area contributed by atoms with Crippen LogP contribution in [0.3, 0.4) is 0 Å². The van der Waals surface area contributed by atoms with E-state index in [0.717, 1.165) is 47.4 Å². The molecule has 1 aromatic heterocycles. The summed E-state index contributed by atoms with van der Waals surface area (Å²) in [6.07, 6.45) is 0.911. The van der Waals surface area contributed by atoms with Gasteiger partial charge in [-0.05, 0) is 43.2 Å². The van der Waals surface area contributed by atoms with Gasteiger partial charge in [0.25, 0.3) is 0 Å². The van der Waals surface area contributed by atoms with E-state index in [0.29, 0.717) is 6.54 Å². The van der Waals surface area contributed by atoms with Crippen molar-refractivity contribution in [1.82, 2.24) is 20.2 Å². The molecule has 1 heterocycles. The highest BCUT2D eigenvalue weighted by molar-refractivity contribution is 6.30. The van der Waals surface area contributed by atoms with Gasteiger partial charge >= 0.3 is 0 Å². The van der Waals surface area contributed by atoms with E-state index in [1.165, 1.54) is 5.56 Å². The van der Waals surface area contributed by atoms with E-state index in [1.807, 2.05) is 49.5 Å². The summed E-state index contributed by atoms with van der Waals surface area (Å²) < 4.78 is 2.09. The minimum Gasteiger partial charge on any atom is -0.357 e. The molecule has 0 amide bonds. The minimum atomic E-state index is 0.529. The highest BCUT2D eigenvalue weighted by atomic mass is 35.5. The first-order valence-electron chi connectivity index (χ1n) is 8.84. The van der Waals surface area contributed by atoms with Gasteiger partial charge in [-0.2, -0.15) is 0 Å². The number of aryl methyl sites for hydroxylation is 1. The van der Waals surface area contributed by atoms with E-state index in [-0.39, 0.29) is 0 Å². The van der Waals surface area contributed by atoms with Gasteiger partial charge in [-0.25, -0.2) is 9.98 Å². The van der Waals surface area contributed by atoms with Crippen molar-refractivity contribution >= 4 is 28.6 Å². The molecule has 3 aromatic rings. The molecule has 2 N–H and O–H groups in total. The fourth-order valence-corrected chi connectivity index (χ4v) is 2.93. The lowest BCUT2D eigenvalue weighted by molar-refractivity contribution is 0.772. The zero-order valence-corrected chi connectivity index (χ0v) is 15.9. The van der Waals surface area contributed by atoms with Crippen LogP contribution in [0.25, 0.3) is 11.0 Å². The molecule has 26 heavy (non-hydrogen) atoms. The van der Waals surface area contributed by atoms with Crippen LogP contribution >= 0.6 is 11.6 Å². The van der Waals surface area contributed by atoms with Crippen molar-refractivity contribution in [2.45, 2.75) is 19.9 Å². The quantitative estimate of drug-likeness (QED) is 0.516. The second kappa shape index (κ2) is 8.72. The number of benzene rings is 2. The molecule has 0 atom stereocenters. The molecule has 0 saturated heterocycles. The molecule has 0 radical (unpaired) electrons. The normalized spacial score (nSPS) is 11.7. The number of para-hydroxylation sites is 2. The Labute approximate surface area is 159 Å². The maximum Gasteiger partial charge on any atom is 0.191 e. The number of fused-ring (bicyclic) bond motifs is 1. The second-order valence-corrected chi connectivity index (χ2v) is 6.51. The Balaban J connectivity index is 1.62. The smallest absolute Gasteiger partial charge is 0.191 e. The third-order valence-electron chi connectivity index (χ3n) is 4.22. The van der Waals surface area contributed by atoms with Gasteiger partial charge in [-0.15, -0.1) is 0 Å². The zero-order chi connectivity index (χ0) is 18.4. The third-order valence-corrected chi connectivity index (χ3v) is 4.47. The van der Waals surface area contributed by atoms with Gasteiger partial charge in [0.05, 0.1) is 11.0 Å². The average molecular weight is 370 g/mol. The first-order chi connectivity index (χ1) is 12.7. The molecule has 0 aliphatic rings. The third kappa shape index (κ3) is 4.55. The number of nitrogens with zero attached hydrogens (tertiary/aromatic N) is 3. The SMILES string of the molecule is CCNC(=NCc1nc2ccccc2n1C)NCCc1ccc(Cl)cc1. The number of hydrogen-bond acceptors (Lipinski definition) is 2. The van der Waals surface area contributed by atoms with Crippen molar-refractivity contribution in [3.05, 3.63) is 64.9 Å². The summed E-state index contributed by atoms with van der Waals surface area (Å²) in [6.45, 7) is 4.21. The first-order valence-corrected chi connectivity index (χ1v) is 9.22. The number of nitrogens with one attached hydrogen (secondary N) is 2. The number of hydrogen-bond donors (Lipinski definition) is 2. The summed E-state index contributed by atoms with van der Waals surface area (Å²) in [7, 11) is 2.03. The molecule has 0 aliphatic carbocycles. The monoisotopic (exact) mass is 369 g/mol. The van der Waals surface area contributed by atoms with Crippen molar-refractivity contribution in [1.29, 1.82) is 0 Å². The highest BCUT2D eigenvalue weighted by Crippen LogP contribution is 2.14. The fraction of sp³-hybridized carbons (Fsp3) is 0.300. The molecular formula is C20H24ClN5. The number of imidazole rings is 1. The number of aliphatic imine (C=N–C) groups is 1. The molecule has 0 unspecified atom stereocenters. The minimum absolute atomic E-state index is 0.529. The molecule has 136 valence electrons. The lowest BCUT2D eigenvalue weighted by atomic mass is 10.1. The largest absolute Gasteiger partial charge is 0.357 e. The van der Waals surface area contributed by atoms with Crippen molar-refractivity contribution < 1.29 is 0 Å². The number of aromatic nitrogens is 2. The molecule has 0 bridgehead atoms. The fourth-order valence-electron chi connectivity index (χ4n) is 2.80. The molecule has 0 saturated carbocycles. The molecule has 2 aromatic carbocycles. The number of halogens is 1. The van der Waals surface area contributed by atoms with Crippen LogP contribution in [0.5, 0.6) is 0 Å². The van der Waals surface area contributed by atoms with E-state index in [9.17, 15) is 0 Å². The van der Waals surface area contributed by atoms with Crippen molar-refractivity contribution in [2.75, 3.05) is 13.1 Å². The van der Waals surface area contributed by atoms with Gasteiger partial charge < -0.3 is 15.2 Å². The summed E-state index contributed by atoms with van der Waals surface area (Å²) in [5.74, 6) is 1.75. The van der Waals surface area contributed by atoms with Gasteiger partial charge in [0.1, 0.15) is 12.4 Å². The standard InChI is InChI=1S/C20H24ClN5/c1-3-22-20(23-13-12-15-8-10-16(21)11-9-15)24-14-19-25-17-6-4-5-7-18(17)26(19)2/h4-11H,3,12-14H2,1-2H3,(H2,22,23,24). The number of rotatable bonds is 6. The van der Waals surface area contributed by atoms with E-state index in [4.69, 9.17) is 11.6 Å². The van der Waals surface area contributed by atoms with Crippen LogP contribution in [0.1, 0.15) is 18.3 Å². The van der Waals surface area contributed by atoms with Crippen LogP contribution < -0.4 is 10.6 Å². The molecule has 0 fully saturated rings. The Hall–Kier alpha value is -2.53. The Morgan fingerprint density at radius 2 is 1.88 bits per heavy atom. The molecule has 0 aliphatic heterocycles. The maximum absolute atomic E-state index is 5.93. The maximum atomic E-state index is 5.93. The van der Waals surface area contributed by atoms with Crippen molar-refractivity contribution in [3.8, 4) is 0 Å². The Morgan fingerprint density at radius 1 is 1.12 bits per heavy atom. The Kier molecular flexibility index (Phi) is 6.12. The molecule has 0 spiro atoms. The molecule has 5 nitrogen and oxygen atoms in total. The summed E-state index contributed by atoms with van der Waals surface area (Å²) in [5, 5.41) is 7.42. The van der Waals surface area contributed by atoms with E-state index >= 15 is 0 Å². The summed E-state index contributed by atoms with van der Waals surface area (Å²) in [5.41, 5.74) is 3.37. The number of guanidine groups is 1. The summed E-state index contributed by atoms with van der Waals surface area (Å²) >= 11 is 5.93. The van der Waals surface area contributed by atoms with Crippen LogP contribution in [0, 0.1) is 0 Å². The van der Waals surface area contributed by atoms with Gasteiger partial charge in [-0.3, -0.25) is 0 Å². The van der Waals surface area contributed by atoms with E-state index in [1.54, 1.807) is 0 Å². The van der Waals surface area contributed by atoms with Crippen LogP contribution in [-0.4, -0.2) is 28.6 Å². The van der Waals surface area contributed by atoms with Gasteiger partial charge in [0.2, 0.25) is 0 Å². The average Bonchev–Trinajstić information content (AvgIpc) is 2.97. The Morgan fingerprint density at radius 3 is 2.62 bits per heavy atom. The molecule has 3 rings (SSSR count). The van der Waals surface area contributed by atoms with Gasteiger partial charge in [-0.1, -0.05) is 35.9 Å². The van der Waals surface area contributed by atoms with Gasteiger partial charge in [0, 0.05) is 25.2 Å². The summed E-state index contributed by atoms with van der Waals surface area (Å²) in [6, 6.07) is 16.1. The predicted molar refractivity (Wildman–Crippen MR) is 109 cm³/mol. The van der Waals surface area contributed by atoms with Crippen LogP contribution in [0.15, 0.2) is 53.5 Å². The van der Waals surface area contributed by atoms with E-state index < -0.39 is 0 Å².